The van der Waals surface area contributed by atoms with E-state index in [0.717, 1.165) is 12.2 Å². The Labute approximate surface area is 96.8 Å². The van der Waals surface area contributed by atoms with E-state index in [1.54, 1.807) is 0 Å². The molecule has 3 heteroatoms. The molecule has 0 aliphatic carbocycles. The highest BCUT2D eigenvalue weighted by molar-refractivity contribution is 5.81. The van der Waals surface area contributed by atoms with Crippen LogP contribution >= 0.6 is 0 Å². The van der Waals surface area contributed by atoms with Gasteiger partial charge < -0.3 is 10.1 Å². The average molecular weight is 221 g/mol. The van der Waals surface area contributed by atoms with Gasteiger partial charge in [0.25, 0.3) is 5.91 Å². The van der Waals surface area contributed by atoms with Crippen molar-refractivity contribution in [2.24, 2.45) is 0 Å². The van der Waals surface area contributed by atoms with Gasteiger partial charge in [-0.25, -0.2) is 0 Å². The van der Waals surface area contributed by atoms with Crippen LogP contribution in [0.3, 0.4) is 0 Å². The van der Waals surface area contributed by atoms with Crippen molar-refractivity contribution in [1.82, 2.24) is 5.32 Å². The van der Waals surface area contributed by atoms with E-state index < -0.39 is 6.10 Å². The summed E-state index contributed by atoms with van der Waals surface area (Å²) in [5.74, 6) is 0.703. The maximum Gasteiger partial charge on any atom is 0.261 e. The molecule has 88 valence electrons. The summed E-state index contributed by atoms with van der Waals surface area (Å²) >= 11 is 0. The normalized spacial score (nSPS) is 11.9. The fraction of sp³-hybridized carbons (Fsp3) is 0.462. The molecule has 0 unspecified atom stereocenters. The smallest absolute Gasteiger partial charge is 0.261 e. The zero-order valence-corrected chi connectivity index (χ0v) is 9.90. The van der Waals surface area contributed by atoms with Gasteiger partial charge >= 0.3 is 0 Å². The number of hydrogen-bond donors (Lipinski definition) is 1. The minimum Gasteiger partial charge on any atom is -0.481 e. The lowest BCUT2D eigenvalue weighted by Crippen LogP contribution is -2.38. The molecule has 0 bridgehead atoms. The van der Waals surface area contributed by atoms with Crippen molar-refractivity contribution in [2.75, 3.05) is 6.54 Å². The van der Waals surface area contributed by atoms with Crippen LogP contribution in [0, 0.1) is 0 Å². The number of nitrogens with one attached hydrogen (secondary N) is 1. The molecule has 0 aliphatic rings. The quantitative estimate of drug-likeness (QED) is 0.801. The molecule has 1 aromatic rings. The second-order valence-electron chi connectivity index (χ2n) is 3.62. The number of carbonyl (C=O) groups is 1. The lowest BCUT2D eigenvalue weighted by molar-refractivity contribution is -0.128. The van der Waals surface area contributed by atoms with Gasteiger partial charge in [-0.2, -0.15) is 0 Å². The van der Waals surface area contributed by atoms with E-state index in [0.29, 0.717) is 13.0 Å². The van der Waals surface area contributed by atoms with E-state index in [2.05, 4.69) is 5.32 Å². The maximum absolute atomic E-state index is 11.7. The Morgan fingerprint density at radius 3 is 2.56 bits per heavy atom. The highest BCUT2D eigenvalue weighted by atomic mass is 16.5. The van der Waals surface area contributed by atoms with Gasteiger partial charge in [-0.3, -0.25) is 4.79 Å². The van der Waals surface area contributed by atoms with E-state index in [-0.39, 0.29) is 5.91 Å². The van der Waals surface area contributed by atoms with Crippen LogP contribution in [0.15, 0.2) is 30.3 Å². The minimum absolute atomic E-state index is 0.0341. The molecule has 1 N–H and O–H groups in total. The zero-order chi connectivity index (χ0) is 11.8. The third kappa shape index (κ3) is 3.93. The molecule has 0 saturated heterocycles. The van der Waals surface area contributed by atoms with Crippen LogP contribution < -0.4 is 10.1 Å². The molecular formula is C13H19NO2. The van der Waals surface area contributed by atoms with Crippen LogP contribution in [0.4, 0.5) is 0 Å². The standard InChI is InChI=1S/C13H19NO2/c1-3-10-14-13(15)12(4-2)16-11-8-6-5-7-9-11/h5-9,12H,3-4,10H2,1-2H3,(H,14,15)/t12-/m0/s1. The highest BCUT2D eigenvalue weighted by Crippen LogP contribution is 2.12. The Kier molecular flexibility index (Phi) is 5.40. The van der Waals surface area contributed by atoms with Crippen LogP contribution in [-0.4, -0.2) is 18.6 Å². The van der Waals surface area contributed by atoms with Gasteiger partial charge in [0.15, 0.2) is 6.10 Å². The average Bonchev–Trinajstić information content (AvgIpc) is 2.34. The van der Waals surface area contributed by atoms with Crippen molar-refractivity contribution in [3.63, 3.8) is 0 Å². The molecule has 1 amide bonds. The Hall–Kier alpha value is -1.51. The molecule has 0 aromatic heterocycles. The van der Waals surface area contributed by atoms with Gasteiger partial charge in [0.05, 0.1) is 0 Å². The van der Waals surface area contributed by atoms with Crippen molar-refractivity contribution < 1.29 is 9.53 Å². The highest BCUT2D eigenvalue weighted by Gasteiger charge is 2.17. The largest absolute Gasteiger partial charge is 0.481 e. The van der Waals surface area contributed by atoms with Gasteiger partial charge in [-0.05, 0) is 25.0 Å². The number of para-hydroxylation sites is 1. The van der Waals surface area contributed by atoms with Gasteiger partial charge in [0, 0.05) is 6.54 Å². The molecule has 0 heterocycles. The predicted octanol–water partition coefficient (Wildman–Crippen LogP) is 2.37. The molecule has 0 aliphatic heterocycles. The fourth-order valence-electron chi connectivity index (χ4n) is 1.35. The number of ether oxygens (including phenoxy) is 1. The van der Waals surface area contributed by atoms with Crippen LogP contribution in [-0.2, 0) is 4.79 Å². The molecule has 1 rings (SSSR count). The number of hydrogen-bond acceptors (Lipinski definition) is 2. The zero-order valence-electron chi connectivity index (χ0n) is 9.90. The minimum atomic E-state index is -0.394. The topological polar surface area (TPSA) is 38.3 Å². The Bertz CT molecular complexity index is 311. The summed E-state index contributed by atoms with van der Waals surface area (Å²) in [6, 6.07) is 9.43. The first-order chi connectivity index (χ1) is 7.77. The summed E-state index contributed by atoms with van der Waals surface area (Å²) in [6.45, 7) is 4.67. The second kappa shape index (κ2) is 6.88. The molecule has 0 saturated carbocycles. The summed E-state index contributed by atoms with van der Waals surface area (Å²) in [5.41, 5.74) is 0. The first-order valence-electron chi connectivity index (χ1n) is 5.77. The monoisotopic (exact) mass is 221 g/mol. The predicted molar refractivity (Wildman–Crippen MR) is 64.4 cm³/mol. The molecule has 16 heavy (non-hydrogen) atoms. The van der Waals surface area contributed by atoms with Gasteiger partial charge in [-0.1, -0.05) is 32.0 Å². The van der Waals surface area contributed by atoms with Gasteiger partial charge in [0.1, 0.15) is 5.75 Å². The van der Waals surface area contributed by atoms with Gasteiger partial charge in [0.2, 0.25) is 0 Å². The maximum atomic E-state index is 11.7. The van der Waals surface area contributed by atoms with E-state index >= 15 is 0 Å². The number of carbonyl (C=O) groups excluding carboxylic acids is 1. The van der Waals surface area contributed by atoms with Crippen molar-refractivity contribution in [3.05, 3.63) is 30.3 Å². The van der Waals surface area contributed by atoms with Crippen LogP contribution in [0.25, 0.3) is 0 Å². The van der Waals surface area contributed by atoms with Crippen LogP contribution in [0.5, 0.6) is 5.75 Å². The lowest BCUT2D eigenvalue weighted by Gasteiger charge is -2.16. The SMILES string of the molecule is CCCNC(=O)[C@H](CC)Oc1ccccc1. The molecule has 1 aromatic carbocycles. The molecule has 1 atom stereocenters. The molecular weight excluding hydrogens is 202 g/mol. The third-order valence-corrected chi connectivity index (χ3v) is 2.23. The first-order valence-corrected chi connectivity index (χ1v) is 5.77. The van der Waals surface area contributed by atoms with Gasteiger partial charge in [-0.15, -0.1) is 0 Å². The molecule has 3 nitrogen and oxygen atoms in total. The Morgan fingerprint density at radius 1 is 1.31 bits per heavy atom. The van der Waals surface area contributed by atoms with Crippen LogP contribution in [0.1, 0.15) is 26.7 Å². The van der Waals surface area contributed by atoms with E-state index in [1.807, 2.05) is 44.2 Å². The summed E-state index contributed by atoms with van der Waals surface area (Å²) in [4.78, 5) is 11.7. The summed E-state index contributed by atoms with van der Waals surface area (Å²) in [6.07, 6.45) is 1.21. The summed E-state index contributed by atoms with van der Waals surface area (Å²) < 4.78 is 5.61. The van der Waals surface area contributed by atoms with Crippen molar-refractivity contribution in [3.8, 4) is 5.75 Å². The summed E-state index contributed by atoms with van der Waals surface area (Å²) in [7, 11) is 0. The second-order valence-corrected chi connectivity index (χ2v) is 3.62. The number of rotatable bonds is 6. The number of benzene rings is 1. The lowest BCUT2D eigenvalue weighted by atomic mass is 10.2. The first kappa shape index (κ1) is 12.6. The van der Waals surface area contributed by atoms with Crippen molar-refractivity contribution >= 4 is 5.91 Å². The number of amides is 1. The summed E-state index contributed by atoms with van der Waals surface area (Å²) in [5, 5.41) is 2.84. The van der Waals surface area contributed by atoms with E-state index in [4.69, 9.17) is 4.74 Å². The van der Waals surface area contributed by atoms with E-state index in [9.17, 15) is 4.79 Å². The molecule has 0 spiro atoms. The fourth-order valence-corrected chi connectivity index (χ4v) is 1.35. The molecule has 0 radical (unpaired) electrons. The Morgan fingerprint density at radius 2 is 2.00 bits per heavy atom. The molecule has 0 fully saturated rings. The van der Waals surface area contributed by atoms with E-state index in [1.165, 1.54) is 0 Å². The van der Waals surface area contributed by atoms with Crippen LogP contribution in [0.2, 0.25) is 0 Å². The third-order valence-electron chi connectivity index (χ3n) is 2.23. The Balaban J connectivity index is 2.52. The van der Waals surface area contributed by atoms with Crippen molar-refractivity contribution in [1.29, 1.82) is 0 Å². The van der Waals surface area contributed by atoms with Crippen molar-refractivity contribution in [2.45, 2.75) is 32.8 Å².